The minimum absolute atomic E-state index is 0.00176. The van der Waals surface area contributed by atoms with E-state index in [4.69, 9.17) is 34.8 Å². The number of nitrogens with zero attached hydrogens (tertiary/aromatic N) is 2. The molecule has 0 spiro atoms. The molecule has 0 radical (unpaired) electrons. The van der Waals surface area contributed by atoms with Gasteiger partial charge in [-0.2, -0.15) is 0 Å². The summed E-state index contributed by atoms with van der Waals surface area (Å²) in [5.41, 5.74) is 1.38. The first kappa shape index (κ1) is 29.8. The Hall–Kier alpha value is -2.78. The fourth-order valence-corrected chi connectivity index (χ4v) is 5.82. The van der Waals surface area contributed by atoms with Gasteiger partial charge in [0.05, 0.1) is 20.6 Å². The van der Waals surface area contributed by atoms with Gasteiger partial charge in [-0.05, 0) is 68.3 Å². The van der Waals surface area contributed by atoms with Crippen molar-refractivity contribution in [3.63, 3.8) is 0 Å². The van der Waals surface area contributed by atoms with Gasteiger partial charge in [0.25, 0.3) is 10.0 Å². The van der Waals surface area contributed by atoms with Crippen molar-refractivity contribution in [2.24, 2.45) is 0 Å². The third-order valence-electron chi connectivity index (χ3n) is 5.97. The van der Waals surface area contributed by atoms with E-state index in [2.05, 4.69) is 5.32 Å². The van der Waals surface area contributed by atoms with E-state index in [-0.39, 0.29) is 23.0 Å². The second-order valence-electron chi connectivity index (χ2n) is 8.55. The van der Waals surface area contributed by atoms with E-state index in [1.165, 1.54) is 17.0 Å². The van der Waals surface area contributed by atoms with Crippen LogP contribution in [0.2, 0.25) is 15.1 Å². The van der Waals surface area contributed by atoms with E-state index in [9.17, 15) is 18.0 Å². The highest BCUT2D eigenvalue weighted by Crippen LogP contribution is 2.31. The summed E-state index contributed by atoms with van der Waals surface area (Å²) in [6.45, 7) is 4.84. The van der Waals surface area contributed by atoms with Crippen molar-refractivity contribution in [2.75, 3.05) is 17.4 Å². The lowest BCUT2D eigenvalue weighted by molar-refractivity contribution is -0.139. The molecule has 202 valence electrons. The van der Waals surface area contributed by atoms with Crippen LogP contribution in [0.25, 0.3) is 0 Å². The van der Waals surface area contributed by atoms with E-state index >= 15 is 0 Å². The van der Waals surface area contributed by atoms with Crippen molar-refractivity contribution in [1.82, 2.24) is 10.2 Å². The standard InChI is InChI=1S/C27H28Cl3N3O4S/c1-4-31-27(35)19(3)32(16-20-13-14-23(29)24(30)15-20)26(34)17-33(25-12-8-11-22(28)18(25)2)38(36,37)21-9-6-5-7-10-21/h5-15,19H,4,16-17H2,1-3H3,(H,31,35)/t19-/m0/s1. The van der Waals surface area contributed by atoms with Gasteiger partial charge in [0.15, 0.2) is 0 Å². The second kappa shape index (κ2) is 12.8. The molecule has 1 atom stereocenters. The zero-order chi connectivity index (χ0) is 28.0. The molecule has 1 N–H and O–H groups in total. The topological polar surface area (TPSA) is 86.8 Å². The maximum absolute atomic E-state index is 13.9. The van der Waals surface area contributed by atoms with Crippen molar-refractivity contribution in [2.45, 2.75) is 38.3 Å². The molecule has 0 aromatic heterocycles. The summed E-state index contributed by atoms with van der Waals surface area (Å²) in [6.07, 6.45) is 0. The van der Waals surface area contributed by atoms with E-state index in [1.54, 1.807) is 75.4 Å². The number of carbonyl (C=O) groups excluding carboxylic acids is 2. The van der Waals surface area contributed by atoms with Gasteiger partial charge in [0.1, 0.15) is 12.6 Å². The van der Waals surface area contributed by atoms with Gasteiger partial charge in [0.2, 0.25) is 11.8 Å². The summed E-state index contributed by atoms with van der Waals surface area (Å²) in [5.74, 6) is -0.967. The van der Waals surface area contributed by atoms with Gasteiger partial charge in [-0.1, -0.05) is 65.1 Å². The molecule has 0 aliphatic heterocycles. The van der Waals surface area contributed by atoms with Gasteiger partial charge in [0, 0.05) is 18.1 Å². The van der Waals surface area contributed by atoms with Gasteiger partial charge in [-0.25, -0.2) is 8.42 Å². The highest BCUT2D eigenvalue weighted by Gasteiger charge is 2.33. The Labute approximate surface area is 238 Å². The SMILES string of the molecule is CCNC(=O)[C@H](C)N(Cc1ccc(Cl)c(Cl)c1)C(=O)CN(c1cccc(Cl)c1C)S(=O)(=O)c1ccccc1. The number of benzene rings is 3. The number of sulfonamides is 1. The molecule has 7 nitrogen and oxygen atoms in total. The van der Waals surface area contributed by atoms with Crippen LogP contribution in [-0.4, -0.2) is 44.3 Å². The lowest BCUT2D eigenvalue weighted by atomic mass is 10.1. The minimum atomic E-state index is -4.18. The summed E-state index contributed by atoms with van der Waals surface area (Å²) >= 11 is 18.5. The molecule has 0 heterocycles. The first-order chi connectivity index (χ1) is 18.0. The lowest BCUT2D eigenvalue weighted by Crippen LogP contribution is -2.51. The van der Waals surface area contributed by atoms with Crippen LogP contribution < -0.4 is 9.62 Å². The van der Waals surface area contributed by atoms with Crippen LogP contribution in [0.1, 0.15) is 25.0 Å². The third kappa shape index (κ3) is 6.80. The number of amides is 2. The van der Waals surface area contributed by atoms with Gasteiger partial charge in [-0.3, -0.25) is 13.9 Å². The molecule has 2 amide bonds. The minimum Gasteiger partial charge on any atom is -0.355 e. The fourth-order valence-electron chi connectivity index (χ4n) is 3.84. The number of hydrogen-bond donors (Lipinski definition) is 1. The number of carbonyl (C=O) groups is 2. The maximum atomic E-state index is 13.9. The molecule has 0 saturated heterocycles. The van der Waals surface area contributed by atoms with E-state index in [0.717, 1.165) is 4.31 Å². The highest BCUT2D eigenvalue weighted by atomic mass is 35.5. The number of rotatable bonds is 10. The largest absolute Gasteiger partial charge is 0.355 e. The maximum Gasteiger partial charge on any atom is 0.264 e. The van der Waals surface area contributed by atoms with Gasteiger partial charge < -0.3 is 10.2 Å². The van der Waals surface area contributed by atoms with E-state index in [1.807, 2.05) is 0 Å². The van der Waals surface area contributed by atoms with Crippen molar-refractivity contribution in [3.05, 3.63) is 92.9 Å². The van der Waals surface area contributed by atoms with Crippen LogP contribution in [0.15, 0.2) is 71.6 Å². The van der Waals surface area contributed by atoms with Crippen LogP contribution >= 0.6 is 34.8 Å². The first-order valence-corrected chi connectivity index (χ1v) is 14.4. The summed E-state index contributed by atoms with van der Waals surface area (Å²) in [4.78, 5) is 28.0. The number of likely N-dealkylation sites (N-methyl/N-ethyl adjacent to an activating group) is 1. The molecule has 0 fully saturated rings. The van der Waals surface area contributed by atoms with Crippen LogP contribution in [0.5, 0.6) is 0 Å². The molecule has 38 heavy (non-hydrogen) atoms. The molecule has 11 heteroatoms. The number of nitrogens with one attached hydrogen (secondary N) is 1. The molecule has 3 aromatic rings. The average Bonchev–Trinajstić information content (AvgIpc) is 2.89. The summed E-state index contributed by atoms with van der Waals surface area (Å²) in [6, 6.07) is 16.7. The molecule has 0 saturated carbocycles. The quantitative estimate of drug-likeness (QED) is 0.325. The first-order valence-electron chi connectivity index (χ1n) is 11.8. The van der Waals surface area contributed by atoms with Crippen molar-refractivity contribution >= 4 is 62.3 Å². The molecule has 3 aromatic carbocycles. The Morgan fingerprint density at radius 1 is 0.921 bits per heavy atom. The molecule has 3 rings (SSSR count). The fraction of sp³-hybridized carbons (Fsp3) is 0.259. The summed E-state index contributed by atoms with van der Waals surface area (Å²) in [5, 5.41) is 3.71. The lowest BCUT2D eigenvalue weighted by Gasteiger charge is -2.32. The predicted octanol–water partition coefficient (Wildman–Crippen LogP) is 5.70. The molecule has 0 aliphatic carbocycles. The molecular formula is C27H28Cl3N3O4S. The average molecular weight is 597 g/mol. The van der Waals surface area contributed by atoms with Crippen LogP contribution in [0, 0.1) is 6.92 Å². The predicted molar refractivity (Wildman–Crippen MR) is 152 cm³/mol. The highest BCUT2D eigenvalue weighted by molar-refractivity contribution is 7.92. The smallest absolute Gasteiger partial charge is 0.264 e. The Balaban J connectivity index is 2.07. The van der Waals surface area contributed by atoms with Crippen LogP contribution in [0.4, 0.5) is 5.69 Å². The van der Waals surface area contributed by atoms with Crippen molar-refractivity contribution < 1.29 is 18.0 Å². The van der Waals surface area contributed by atoms with Gasteiger partial charge >= 0.3 is 0 Å². The molecule has 0 aliphatic rings. The zero-order valence-electron chi connectivity index (χ0n) is 21.1. The Kier molecular flexibility index (Phi) is 10.1. The van der Waals surface area contributed by atoms with E-state index in [0.29, 0.717) is 32.7 Å². The Morgan fingerprint density at radius 2 is 1.61 bits per heavy atom. The molecular weight excluding hydrogens is 569 g/mol. The Bertz CT molecular complexity index is 1420. The zero-order valence-corrected chi connectivity index (χ0v) is 24.2. The molecule has 0 unspecified atom stereocenters. The van der Waals surface area contributed by atoms with Crippen LogP contribution in [0.3, 0.4) is 0 Å². The van der Waals surface area contributed by atoms with Gasteiger partial charge in [-0.15, -0.1) is 0 Å². The summed E-state index contributed by atoms with van der Waals surface area (Å²) < 4.78 is 28.6. The summed E-state index contributed by atoms with van der Waals surface area (Å²) in [7, 11) is -4.18. The monoisotopic (exact) mass is 595 g/mol. The van der Waals surface area contributed by atoms with Crippen molar-refractivity contribution in [3.8, 4) is 0 Å². The number of halogens is 3. The number of anilines is 1. The van der Waals surface area contributed by atoms with Crippen LogP contribution in [-0.2, 0) is 26.2 Å². The van der Waals surface area contributed by atoms with Crippen molar-refractivity contribution in [1.29, 1.82) is 0 Å². The van der Waals surface area contributed by atoms with E-state index < -0.39 is 28.5 Å². The third-order valence-corrected chi connectivity index (χ3v) is 8.90. The normalized spacial score (nSPS) is 12.1. The molecule has 0 bridgehead atoms. The second-order valence-corrected chi connectivity index (χ2v) is 11.6. The Morgan fingerprint density at radius 3 is 2.24 bits per heavy atom. The number of hydrogen-bond acceptors (Lipinski definition) is 4.